The van der Waals surface area contributed by atoms with Crippen molar-refractivity contribution in [1.29, 1.82) is 0 Å². The molecule has 0 bridgehead atoms. The van der Waals surface area contributed by atoms with Gasteiger partial charge in [-0.3, -0.25) is 0 Å². The van der Waals surface area contributed by atoms with Crippen LogP contribution < -0.4 is 0 Å². The fourth-order valence-corrected chi connectivity index (χ4v) is 6.52. The molecule has 0 N–H and O–H groups in total. The summed E-state index contributed by atoms with van der Waals surface area (Å²) < 4.78 is 3.97. The minimum atomic E-state index is -1.60. The van der Waals surface area contributed by atoms with Crippen molar-refractivity contribution in [2.45, 2.75) is 17.5 Å². The summed E-state index contributed by atoms with van der Waals surface area (Å²) in [6.45, 7) is 1.75. The van der Waals surface area contributed by atoms with Crippen LogP contribution in [0.3, 0.4) is 0 Å². The SMILES string of the molecule is C[C](=O)[In]1[CH]=CC[CH2]1. The van der Waals surface area contributed by atoms with E-state index < -0.39 is 21.4 Å². The van der Waals surface area contributed by atoms with E-state index >= 15 is 0 Å². The molecule has 0 aromatic carbocycles. The van der Waals surface area contributed by atoms with Crippen LogP contribution in [0.15, 0.2) is 9.91 Å². The average molecular weight is 212 g/mol. The number of allylic oxidation sites excluding steroid dienone is 1. The Hall–Kier alpha value is 0.280. The summed E-state index contributed by atoms with van der Waals surface area (Å²) in [6, 6.07) is 0. The van der Waals surface area contributed by atoms with Crippen LogP contribution in [0, 0.1) is 0 Å². The van der Waals surface area contributed by atoms with Crippen molar-refractivity contribution < 1.29 is 4.79 Å². The summed E-state index contributed by atoms with van der Waals surface area (Å²) in [5, 5.41) is 0. The van der Waals surface area contributed by atoms with Crippen molar-refractivity contribution in [3.8, 4) is 0 Å². The standard InChI is InChI=1S/C4H6.C2H3O.In/c1-3-4-2;1-2-3;/h1,3H,2,4H2;1H3;. The second-order valence-corrected chi connectivity index (χ2v) is 10.8. The molecule has 1 heterocycles. The number of carbonyl (C=O) groups is 1. The van der Waals surface area contributed by atoms with Gasteiger partial charge in [-0.15, -0.1) is 0 Å². The Morgan fingerprint density at radius 1 is 1.75 bits per heavy atom. The molecule has 0 saturated heterocycles. The number of hydrogen-bond acceptors (Lipinski definition) is 1. The van der Waals surface area contributed by atoms with Gasteiger partial charge in [0.05, 0.1) is 0 Å². The zero-order chi connectivity index (χ0) is 5.98. The van der Waals surface area contributed by atoms with E-state index in [0.717, 1.165) is 0 Å². The molecule has 0 spiro atoms. The summed E-state index contributed by atoms with van der Waals surface area (Å²) in [5.74, 6) is 0. The van der Waals surface area contributed by atoms with Crippen molar-refractivity contribution in [2.24, 2.45) is 0 Å². The molecule has 1 aliphatic rings. The summed E-state index contributed by atoms with van der Waals surface area (Å²) in [7, 11) is 0. The van der Waals surface area contributed by atoms with Gasteiger partial charge in [0.2, 0.25) is 0 Å². The summed E-state index contributed by atoms with van der Waals surface area (Å²) >= 11 is -1.60. The van der Waals surface area contributed by atoms with Gasteiger partial charge in [-0.2, -0.15) is 0 Å². The third-order valence-corrected chi connectivity index (χ3v) is 9.35. The van der Waals surface area contributed by atoms with E-state index in [0.29, 0.717) is 3.54 Å². The summed E-state index contributed by atoms with van der Waals surface area (Å²) in [6.07, 6.45) is 3.35. The third kappa shape index (κ3) is 1.38. The predicted octanol–water partition coefficient (Wildman–Crippen LogP) is 1.11. The maximum absolute atomic E-state index is 10.7. The number of carbonyl (C=O) groups excluding carboxylic acids is 1. The van der Waals surface area contributed by atoms with Crippen LogP contribution in [0.5, 0.6) is 0 Å². The van der Waals surface area contributed by atoms with E-state index in [1.807, 2.05) is 0 Å². The van der Waals surface area contributed by atoms with Crippen LogP contribution >= 0.6 is 0 Å². The van der Waals surface area contributed by atoms with Crippen molar-refractivity contribution in [1.82, 2.24) is 0 Å². The first-order valence-corrected chi connectivity index (χ1v) is 8.86. The molecule has 1 rings (SSSR count). The molecule has 0 fully saturated rings. The Bertz CT molecular complexity index is 128. The summed E-state index contributed by atoms with van der Waals surface area (Å²) in [4.78, 5) is 10.7. The van der Waals surface area contributed by atoms with Gasteiger partial charge in [0.1, 0.15) is 0 Å². The van der Waals surface area contributed by atoms with Crippen molar-refractivity contribution in [3.63, 3.8) is 0 Å². The van der Waals surface area contributed by atoms with Gasteiger partial charge in [0, 0.05) is 0 Å². The maximum atomic E-state index is 10.7. The topological polar surface area (TPSA) is 17.1 Å². The van der Waals surface area contributed by atoms with E-state index in [1.54, 1.807) is 6.92 Å². The van der Waals surface area contributed by atoms with E-state index in [-0.39, 0.29) is 0 Å². The Kier molecular flexibility index (Phi) is 2.17. The average Bonchev–Trinajstić information content (AvgIpc) is 2.12. The molecule has 1 nitrogen and oxygen atoms in total. The predicted molar refractivity (Wildman–Crippen MR) is 35.0 cm³/mol. The molecule has 0 radical (unpaired) electrons. The van der Waals surface area contributed by atoms with E-state index in [1.165, 1.54) is 10.6 Å². The molecule has 0 aliphatic carbocycles. The number of rotatable bonds is 1. The van der Waals surface area contributed by atoms with Gasteiger partial charge >= 0.3 is 57.2 Å². The molecule has 1 aliphatic heterocycles. The quantitative estimate of drug-likeness (QED) is 0.636. The van der Waals surface area contributed by atoms with Crippen molar-refractivity contribution in [3.05, 3.63) is 9.91 Å². The molecule has 2 heteroatoms. The minimum absolute atomic E-state index is 0.514. The molecule has 8 heavy (non-hydrogen) atoms. The number of hydrogen-bond donors (Lipinski definition) is 0. The molecular formula is C6H9InO. The fourth-order valence-electron chi connectivity index (χ4n) is 0.971. The second kappa shape index (κ2) is 2.72. The van der Waals surface area contributed by atoms with E-state index in [9.17, 15) is 4.79 Å². The Labute approximate surface area is 57.3 Å². The molecule has 0 unspecified atom stereocenters. The van der Waals surface area contributed by atoms with Gasteiger partial charge in [0.25, 0.3) is 0 Å². The van der Waals surface area contributed by atoms with Gasteiger partial charge in [-0.25, -0.2) is 0 Å². The van der Waals surface area contributed by atoms with Crippen LogP contribution in [0.25, 0.3) is 0 Å². The molecule has 0 aromatic heterocycles. The second-order valence-electron chi connectivity index (χ2n) is 2.22. The molecule has 0 atom stereocenters. The molecule has 0 saturated carbocycles. The zero-order valence-electron chi connectivity index (χ0n) is 5.05. The zero-order valence-corrected chi connectivity index (χ0v) is 8.35. The molecular weight excluding hydrogens is 203 g/mol. The molecule has 42 valence electrons. The van der Waals surface area contributed by atoms with Gasteiger partial charge in [-0.05, 0) is 0 Å². The Morgan fingerprint density at radius 2 is 2.50 bits per heavy atom. The van der Waals surface area contributed by atoms with Gasteiger partial charge in [0.15, 0.2) is 0 Å². The Balaban J connectivity index is 2.48. The van der Waals surface area contributed by atoms with Gasteiger partial charge in [-0.1, -0.05) is 0 Å². The van der Waals surface area contributed by atoms with Crippen LogP contribution in [0.2, 0.25) is 4.18 Å². The van der Waals surface area contributed by atoms with E-state index in [2.05, 4.69) is 9.91 Å². The van der Waals surface area contributed by atoms with Gasteiger partial charge < -0.3 is 0 Å². The Morgan fingerprint density at radius 3 is 2.75 bits per heavy atom. The summed E-state index contributed by atoms with van der Waals surface area (Å²) in [5.41, 5.74) is 0. The van der Waals surface area contributed by atoms with Crippen LogP contribution in [0.1, 0.15) is 13.3 Å². The first-order valence-electron chi connectivity index (χ1n) is 2.98. The molecule has 0 amide bonds. The molecule has 0 aromatic rings. The van der Waals surface area contributed by atoms with Crippen LogP contribution in [-0.2, 0) is 4.79 Å². The van der Waals surface area contributed by atoms with Crippen molar-refractivity contribution in [2.75, 3.05) is 0 Å². The van der Waals surface area contributed by atoms with E-state index in [4.69, 9.17) is 0 Å². The van der Waals surface area contributed by atoms with Crippen LogP contribution in [-0.4, -0.2) is 25.0 Å². The van der Waals surface area contributed by atoms with Crippen molar-refractivity contribution >= 4 is 25.0 Å². The fraction of sp³-hybridized carbons (Fsp3) is 0.500. The third-order valence-electron chi connectivity index (χ3n) is 1.53. The first-order chi connectivity index (χ1) is 3.80. The van der Waals surface area contributed by atoms with Crippen LogP contribution in [0.4, 0.5) is 0 Å². The first kappa shape index (κ1) is 6.40. The monoisotopic (exact) mass is 212 g/mol. The normalized spacial score (nSPS) is 17.4.